The first kappa shape index (κ1) is 60.1. The van der Waals surface area contributed by atoms with Crippen molar-refractivity contribution in [1.29, 1.82) is 0 Å². The molecule has 17 atom stereocenters. The molecule has 3 fully saturated rings. The quantitative estimate of drug-likeness (QED) is 0.0398. The van der Waals surface area contributed by atoms with Gasteiger partial charge in [-0.3, -0.25) is 4.79 Å². The number of carbonyl (C=O) groups is 1. The molecule has 12 N–H and O–H groups in total. The summed E-state index contributed by atoms with van der Waals surface area (Å²) < 4.78 is 33.9. The second-order valence-electron chi connectivity index (χ2n) is 19.0. The summed E-state index contributed by atoms with van der Waals surface area (Å²) in [6.07, 6.45) is 0.482. The molecule has 0 bridgehead atoms. The van der Waals surface area contributed by atoms with Gasteiger partial charge in [-0.05, 0) is 12.8 Å². The Morgan fingerprint density at radius 1 is 0.478 bits per heavy atom. The lowest BCUT2D eigenvalue weighted by Gasteiger charge is -2.48. The van der Waals surface area contributed by atoms with E-state index in [4.69, 9.17) is 28.4 Å². The van der Waals surface area contributed by atoms with E-state index in [-0.39, 0.29) is 18.9 Å². The molecule has 3 aliphatic rings. The maximum Gasteiger partial charge on any atom is 0.220 e. The lowest BCUT2D eigenvalue weighted by Crippen LogP contribution is -2.66. The zero-order valence-electron chi connectivity index (χ0n) is 40.4. The predicted molar refractivity (Wildman–Crippen MR) is 245 cm³/mol. The molecule has 19 heteroatoms. The molecule has 0 saturated carbocycles. The fourth-order valence-electron chi connectivity index (χ4n) is 9.08. The fourth-order valence-corrected chi connectivity index (χ4v) is 9.08. The summed E-state index contributed by atoms with van der Waals surface area (Å²) in [4.78, 5) is 13.1. The highest BCUT2D eigenvalue weighted by Gasteiger charge is 2.53. The molecule has 0 aromatic rings. The first-order valence-electron chi connectivity index (χ1n) is 25.8. The smallest absolute Gasteiger partial charge is 0.220 e. The first-order valence-corrected chi connectivity index (χ1v) is 25.8. The third-order valence-corrected chi connectivity index (χ3v) is 13.4. The number of aliphatic hydroxyl groups is 11. The third-order valence-electron chi connectivity index (χ3n) is 13.4. The number of hydrogen-bond acceptors (Lipinski definition) is 18. The van der Waals surface area contributed by atoms with Crippen molar-refractivity contribution in [2.45, 2.75) is 272 Å². The van der Waals surface area contributed by atoms with E-state index in [9.17, 15) is 61.0 Å². The van der Waals surface area contributed by atoms with Crippen LogP contribution in [0.15, 0.2) is 0 Å². The average Bonchev–Trinajstić information content (AvgIpc) is 3.32. The number of ether oxygens (including phenoxy) is 6. The molecular weight excluding hydrogens is 879 g/mol. The Morgan fingerprint density at radius 3 is 1.30 bits per heavy atom. The van der Waals surface area contributed by atoms with Gasteiger partial charge in [0.2, 0.25) is 5.91 Å². The van der Waals surface area contributed by atoms with Gasteiger partial charge in [0.15, 0.2) is 18.9 Å². The first-order chi connectivity index (χ1) is 32.3. The van der Waals surface area contributed by atoms with Crippen molar-refractivity contribution in [3.8, 4) is 0 Å². The Bertz CT molecular complexity index is 1250. The lowest BCUT2D eigenvalue weighted by atomic mass is 9.96. The van der Waals surface area contributed by atoms with Gasteiger partial charge in [0.1, 0.15) is 73.2 Å². The van der Waals surface area contributed by atoms with Gasteiger partial charge < -0.3 is 89.9 Å². The van der Waals surface area contributed by atoms with Crippen LogP contribution in [0.3, 0.4) is 0 Å². The summed E-state index contributed by atoms with van der Waals surface area (Å²) in [7, 11) is 0. The van der Waals surface area contributed by atoms with Crippen molar-refractivity contribution >= 4 is 5.91 Å². The van der Waals surface area contributed by atoms with E-state index in [2.05, 4.69) is 12.2 Å². The van der Waals surface area contributed by atoms with Crippen LogP contribution in [0.2, 0.25) is 0 Å². The minimum absolute atomic E-state index is 0.253. The number of hydrogen-bond donors (Lipinski definition) is 12. The summed E-state index contributed by atoms with van der Waals surface area (Å²) >= 11 is 0. The molecule has 3 aliphatic heterocycles. The van der Waals surface area contributed by atoms with E-state index in [0.29, 0.717) is 19.3 Å². The van der Waals surface area contributed by atoms with Crippen LogP contribution < -0.4 is 5.32 Å². The topological polar surface area (TPSA) is 307 Å². The van der Waals surface area contributed by atoms with Crippen LogP contribution in [0.5, 0.6) is 0 Å². The van der Waals surface area contributed by atoms with E-state index >= 15 is 0 Å². The monoisotopic (exact) mass is 970 g/mol. The molecule has 1 amide bonds. The highest BCUT2D eigenvalue weighted by Crippen LogP contribution is 2.33. The van der Waals surface area contributed by atoms with E-state index in [1.165, 1.54) is 96.3 Å². The Hall–Kier alpha value is -1.21. The van der Waals surface area contributed by atoms with Crippen molar-refractivity contribution in [3.05, 3.63) is 0 Å². The number of unbranched alkanes of at least 4 members (excludes halogenated alkanes) is 20. The number of amides is 1. The van der Waals surface area contributed by atoms with Crippen molar-refractivity contribution in [3.63, 3.8) is 0 Å². The molecule has 67 heavy (non-hydrogen) atoms. The number of carbonyl (C=O) groups excluding carboxylic acids is 1. The Balaban J connectivity index is 1.42. The van der Waals surface area contributed by atoms with E-state index < -0.39 is 124 Å². The van der Waals surface area contributed by atoms with Gasteiger partial charge in [0.05, 0.1) is 38.6 Å². The van der Waals surface area contributed by atoms with E-state index in [1.807, 2.05) is 6.92 Å². The van der Waals surface area contributed by atoms with Crippen molar-refractivity contribution < 1.29 is 89.4 Å². The molecule has 3 heterocycles. The molecule has 0 aliphatic carbocycles. The van der Waals surface area contributed by atoms with Gasteiger partial charge in [0.25, 0.3) is 0 Å². The zero-order valence-corrected chi connectivity index (χ0v) is 40.4. The standard InChI is InChI=1S/C48H91NO18/c1-3-5-7-8-9-10-11-12-13-14-15-16-17-18-19-20-21-22-24-26-36(54)49-31(32(53)25-23-6-4-2)30-62-46-42(60)39(57)44(34(28-51)64-46)67-48-43(61)40(58)45(35(29-52)65-48)66-47-41(59)38(56)37(55)33(27-50)63-47/h31-35,37-48,50-53,55-61H,3-30H2,1-2H3,(H,49,54). The molecular formula is C48H91NO18. The molecule has 0 aromatic heterocycles. The minimum Gasteiger partial charge on any atom is -0.394 e. The molecule has 3 saturated heterocycles. The largest absolute Gasteiger partial charge is 0.394 e. The predicted octanol–water partition coefficient (Wildman–Crippen LogP) is 1.70. The summed E-state index contributed by atoms with van der Waals surface area (Å²) in [5, 5.41) is 119. The Kier molecular flexibility index (Phi) is 30.7. The second kappa shape index (κ2) is 34.2. The normalized spacial score (nSPS) is 33.4. The zero-order chi connectivity index (χ0) is 49.1. The Labute approximate surface area is 398 Å². The van der Waals surface area contributed by atoms with Gasteiger partial charge in [-0.25, -0.2) is 0 Å². The molecule has 17 unspecified atom stereocenters. The SMILES string of the molecule is CCCCCCCCCCCCCCCCCCCCCC(=O)NC(COC1OC(CO)C(OC2OC(CO)C(OC3OC(CO)C(O)C(O)C3O)C(O)C2O)C(O)C1O)C(O)CCCCC. The second-order valence-corrected chi connectivity index (χ2v) is 19.0. The third kappa shape index (κ3) is 20.4. The summed E-state index contributed by atoms with van der Waals surface area (Å²) in [5.74, 6) is -0.253. The number of rotatable bonds is 36. The van der Waals surface area contributed by atoms with Gasteiger partial charge >= 0.3 is 0 Å². The van der Waals surface area contributed by atoms with Gasteiger partial charge in [-0.1, -0.05) is 149 Å². The molecule has 0 spiro atoms. The van der Waals surface area contributed by atoms with Crippen molar-refractivity contribution in [1.82, 2.24) is 5.32 Å². The highest BCUT2D eigenvalue weighted by molar-refractivity contribution is 5.76. The van der Waals surface area contributed by atoms with Crippen molar-refractivity contribution in [2.24, 2.45) is 0 Å². The van der Waals surface area contributed by atoms with Crippen molar-refractivity contribution in [2.75, 3.05) is 26.4 Å². The van der Waals surface area contributed by atoms with E-state index in [0.717, 1.165) is 32.1 Å². The lowest BCUT2D eigenvalue weighted by molar-refractivity contribution is -0.379. The van der Waals surface area contributed by atoms with Crippen LogP contribution in [0, 0.1) is 0 Å². The summed E-state index contributed by atoms with van der Waals surface area (Å²) in [6.45, 7) is 1.59. The molecule has 0 aromatic carbocycles. The molecule has 3 rings (SSSR count). The van der Waals surface area contributed by atoms with Gasteiger partial charge in [-0.15, -0.1) is 0 Å². The number of nitrogens with one attached hydrogen (secondary N) is 1. The Morgan fingerprint density at radius 2 is 0.851 bits per heavy atom. The van der Waals surface area contributed by atoms with E-state index in [1.54, 1.807) is 0 Å². The number of aliphatic hydroxyl groups excluding tert-OH is 11. The van der Waals surface area contributed by atoms with Crippen LogP contribution >= 0.6 is 0 Å². The fraction of sp³-hybridized carbons (Fsp3) is 0.979. The van der Waals surface area contributed by atoms with Gasteiger partial charge in [0, 0.05) is 6.42 Å². The summed E-state index contributed by atoms with van der Waals surface area (Å²) in [5.41, 5.74) is 0. The maximum atomic E-state index is 13.1. The highest BCUT2D eigenvalue weighted by atomic mass is 16.8. The average molecular weight is 970 g/mol. The maximum absolute atomic E-state index is 13.1. The summed E-state index contributed by atoms with van der Waals surface area (Å²) in [6, 6.07) is -0.875. The molecule has 396 valence electrons. The van der Waals surface area contributed by atoms with Crippen LogP contribution in [-0.2, 0) is 33.2 Å². The van der Waals surface area contributed by atoms with Crippen LogP contribution in [0.4, 0.5) is 0 Å². The van der Waals surface area contributed by atoms with Crippen LogP contribution in [-0.4, -0.2) is 193 Å². The van der Waals surface area contributed by atoms with Gasteiger partial charge in [-0.2, -0.15) is 0 Å². The van der Waals surface area contributed by atoms with Crippen LogP contribution in [0.25, 0.3) is 0 Å². The van der Waals surface area contributed by atoms with Crippen LogP contribution in [0.1, 0.15) is 168 Å². The molecule has 0 radical (unpaired) electrons. The molecule has 19 nitrogen and oxygen atoms in total. The minimum atomic E-state index is -1.97.